The van der Waals surface area contributed by atoms with Crippen molar-refractivity contribution in [1.82, 2.24) is 4.31 Å². The van der Waals surface area contributed by atoms with Crippen LogP contribution in [0.15, 0.2) is 30.3 Å². The monoisotopic (exact) mass is 430 g/mol. The standard InChI is InChI=1S/C24H34N2O3S/c1-21(2)19-8-10-23(21,24(27,15-19)16-25)17-30(28,29)26-13-11-22(12-14-26)9-7-18-5-3-4-6-20(18)22/h3-7,9,19,27H,8,10-17,25H2,1-2H3. The van der Waals surface area contributed by atoms with Crippen molar-refractivity contribution in [2.45, 2.75) is 57.0 Å². The number of hydrogen-bond donors (Lipinski definition) is 2. The van der Waals surface area contributed by atoms with Crippen molar-refractivity contribution >= 4 is 16.1 Å². The van der Waals surface area contributed by atoms with Gasteiger partial charge in [-0.1, -0.05) is 50.3 Å². The molecule has 3 unspecified atom stereocenters. The van der Waals surface area contributed by atoms with E-state index in [1.54, 1.807) is 4.31 Å². The molecular formula is C24H34N2O3S. The summed E-state index contributed by atoms with van der Waals surface area (Å²) in [6, 6.07) is 8.44. The smallest absolute Gasteiger partial charge is 0.214 e. The van der Waals surface area contributed by atoms with Crippen LogP contribution in [0, 0.1) is 16.7 Å². The van der Waals surface area contributed by atoms with Gasteiger partial charge < -0.3 is 10.8 Å². The molecule has 1 aliphatic heterocycles. The van der Waals surface area contributed by atoms with Crippen LogP contribution in [-0.2, 0) is 15.4 Å². The number of piperidine rings is 1. The fourth-order valence-electron chi connectivity index (χ4n) is 7.40. The summed E-state index contributed by atoms with van der Waals surface area (Å²) in [6.07, 6.45) is 8.41. The third-order valence-electron chi connectivity index (χ3n) is 9.50. The van der Waals surface area contributed by atoms with Crippen LogP contribution in [0.25, 0.3) is 6.08 Å². The summed E-state index contributed by atoms with van der Waals surface area (Å²) in [6.45, 7) is 5.47. The molecule has 6 heteroatoms. The lowest BCUT2D eigenvalue weighted by Gasteiger charge is -2.48. The Morgan fingerprint density at radius 2 is 1.87 bits per heavy atom. The van der Waals surface area contributed by atoms with Crippen LogP contribution < -0.4 is 5.73 Å². The molecule has 0 aromatic heterocycles. The molecule has 3 fully saturated rings. The molecule has 1 aromatic carbocycles. The van der Waals surface area contributed by atoms with E-state index in [0.717, 1.165) is 25.7 Å². The minimum absolute atomic E-state index is 0.0105. The molecule has 164 valence electrons. The summed E-state index contributed by atoms with van der Waals surface area (Å²) >= 11 is 0. The van der Waals surface area contributed by atoms with E-state index < -0.39 is 21.0 Å². The van der Waals surface area contributed by atoms with Gasteiger partial charge in [-0.25, -0.2) is 12.7 Å². The van der Waals surface area contributed by atoms with Gasteiger partial charge in [0, 0.05) is 30.5 Å². The van der Waals surface area contributed by atoms with Gasteiger partial charge in [0.05, 0.1) is 11.4 Å². The van der Waals surface area contributed by atoms with Crippen LogP contribution in [0.3, 0.4) is 0 Å². The Hall–Kier alpha value is -1.21. The maximum atomic E-state index is 13.6. The van der Waals surface area contributed by atoms with Crippen LogP contribution in [0.4, 0.5) is 0 Å². The highest BCUT2D eigenvalue weighted by molar-refractivity contribution is 7.89. The lowest BCUT2D eigenvalue weighted by molar-refractivity contribution is -0.0798. The quantitative estimate of drug-likeness (QED) is 0.769. The summed E-state index contributed by atoms with van der Waals surface area (Å²) in [5.74, 6) is 0.349. The van der Waals surface area contributed by atoms with Crippen molar-refractivity contribution in [3.8, 4) is 0 Å². The maximum Gasteiger partial charge on any atom is 0.214 e. The van der Waals surface area contributed by atoms with Crippen molar-refractivity contribution < 1.29 is 13.5 Å². The third kappa shape index (κ3) is 2.54. The zero-order valence-electron chi connectivity index (χ0n) is 18.1. The van der Waals surface area contributed by atoms with Crippen LogP contribution in [-0.4, -0.2) is 48.8 Å². The highest BCUT2D eigenvalue weighted by Gasteiger charge is 2.71. The molecule has 30 heavy (non-hydrogen) atoms. The van der Waals surface area contributed by atoms with Gasteiger partial charge in [-0.15, -0.1) is 0 Å². The molecule has 2 saturated carbocycles. The lowest BCUT2D eigenvalue weighted by Crippen LogP contribution is -2.59. The van der Waals surface area contributed by atoms with E-state index in [4.69, 9.17) is 5.73 Å². The molecule has 1 aromatic rings. The molecule has 5 nitrogen and oxygen atoms in total. The summed E-state index contributed by atoms with van der Waals surface area (Å²) in [5, 5.41) is 11.4. The Bertz CT molecular complexity index is 993. The van der Waals surface area contributed by atoms with Gasteiger partial charge in [0.15, 0.2) is 0 Å². The van der Waals surface area contributed by atoms with Crippen molar-refractivity contribution in [3.05, 3.63) is 41.5 Å². The van der Waals surface area contributed by atoms with Crippen molar-refractivity contribution in [2.24, 2.45) is 22.5 Å². The van der Waals surface area contributed by atoms with Gasteiger partial charge in [-0.2, -0.15) is 0 Å². The Labute approximate surface area is 180 Å². The van der Waals surface area contributed by atoms with E-state index in [1.807, 2.05) is 0 Å². The molecule has 3 atom stereocenters. The zero-order chi connectivity index (χ0) is 21.4. The van der Waals surface area contributed by atoms with Gasteiger partial charge in [-0.05, 0) is 54.6 Å². The number of hydrogen-bond acceptors (Lipinski definition) is 4. The van der Waals surface area contributed by atoms with E-state index in [2.05, 4.69) is 50.3 Å². The molecule has 1 saturated heterocycles. The highest BCUT2D eigenvalue weighted by Crippen LogP contribution is 2.70. The predicted molar refractivity (Wildman–Crippen MR) is 119 cm³/mol. The minimum Gasteiger partial charge on any atom is -0.388 e. The number of nitrogens with two attached hydrogens (primary N) is 1. The van der Waals surface area contributed by atoms with E-state index in [9.17, 15) is 13.5 Å². The first-order valence-electron chi connectivity index (χ1n) is 11.3. The number of nitrogens with zero attached hydrogens (tertiary/aromatic N) is 1. The number of allylic oxidation sites excluding steroid dienone is 1. The minimum atomic E-state index is -3.49. The topological polar surface area (TPSA) is 83.6 Å². The molecule has 5 rings (SSSR count). The average Bonchev–Trinajstić information content (AvgIpc) is 3.24. The molecule has 2 bridgehead atoms. The van der Waals surface area contributed by atoms with E-state index >= 15 is 0 Å². The summed E-state index contributed by atoms with van der Waals surface area (Å²) < 4.78 is 28.9. The average molecular weight is 431 g/mol. The predicted octanol–water partition coefficient (Wildman–Crippen LogP) is 2.89. The summed E-state index contributed by atoms with van der Waals surface area (Å²) in [4.78, 5) is 0. The van der Waals surface area contributed by atoms with E-state index in [-0.39, 0.29) is 23.1 Å². The lowest BCUT2D eigenvalue weighted by atomic mass is 9.64. The van der Waals surface area contributed by atoms with Crippen molar-refractivity contribution in [3.63, 3.8) is 0 Å². The Balaban J connectivity index is 1.38. The molecule has 3 N–H and O–H groups in total. The molecule has 0 amide bonds. The summed E-state index contributed by atoms with van der Waals surface area (Å²) in [7, 11) is -3.49. The fourth-order valence-corrected chi connectivity index (χ4v) is 9.72. The second kappa shape index (κ2) is 6.41. The Kier molecular flexibility index (Phi) is 4.42. The van der Waals surface area contributed by atoms with Crippen LogP contribution in [0.1, 0.15) is 57.1 Å². The molecule has 4 aliphatic rings. The number of benzene rings is 1. The Morgan fingerprint density at radius 3 is 2.53 bits per heavy atom. The van der Waals surface area contributed by atoms with E-state index in [0.29, 0.717) is 25.4 Å². The Morgan fingerprint density at radius 1 is 1.17 bits per heavy atom. The molecular weight excluding hydrogens is 396 g/mol. The normalized spacial score (nSPS) is 36.5. The van der Waals surface area contributed by atoms with Crippen LogP contribution in [0.5, 0.6) is 0 Å². The van der Waals surface area contributed by atoms with Gasteiger partial charge in [0.2, 0.25) is 10.0 Å². The molecule has 1 heterocycles. The highest BCUT2D eigenvalue weighted by atomic mass is 32.2. The van der Waals surface area contributed by atoms with E-state index in [1.165, 1.54) is 11.1 Å². The number of sulfonamides is 1. The number of aliphatic hydroxyl groups is 1. The summed E-state index contributed by atoms with van der Waals surface area (Å²) in [5.41, 5.74) is 6.59. The number of fused-ring (bicyclic) bond motifs is 4. The first kappa shape index (κ1) is 20.7. The molecule has 1 spiro atoms. The van der Waals surface area contributed by atoms with Gasteiger partial charge in [0.25, 0.3) is 0 Å². The second-order valence-electron chi connectivity index (χ2n) is 10.7. The van der Waals surface area contributed by atoms with Crippen molar-refractivity contribution in [1.29, 1.82) is 0 Å². The van der Waals surface area contributed by atoms with Gasteiger partial charge in [-0.3, -0.25) is 0 Å². The molecule has 3 aliphatic carbocycles. The zero-order valence-corrected chi connectivity index (χ0v) is 18.9. The van der Waals surface area contributed by atoms with Gasteiger partial charge >= 0.3 is 0 Å². The first-order chi connectivity index (χ1) is 14.1. The van der Waals surface area contributed by atoms with Gasteiger partial charge in [0.1, 0.15) is 0 Å². The largest absolute Gasteiger partial charge is 0.388 e. The van der Waals surface area contributed by atoms with Crippen molar-refractivity contribution in [2.75, 3.05) is 25.4 Å². The fraction of sp³-hybridized carbons (Fsp3) is 0.667. The maximum absolute atomic E-state index is 13.6. The number of rotatable bonds is 4. The second-order valence-corrected chi connectivity index (χ2v) is 12.7. The SMILES string of the molecule is CC1(C)C2CCC1(CS(=O)(=O)N1CCC3(C=Cc4ccccc43)CC1)C(O)(CN)C2. The molecule has 0 radical (unpaired) electrons. The van der Waals surface area contributed by atoms with Crippen LogP contribution in [0.2, 0.25) is 0 Å². The first-order valence-corrected chi connectivity index (χ1v) is 12.9. The third-order valence-corrected chi connectivity index (χ3v) is 11.5. The van der Waals surface area contributed by atoms with Crippen LogP contribution >= 0.6 is 0 Å².